The molecule has 14 heavy (non-hydrogen) atoms. The largest absolute Gasteiger partial charge is 0.357 e. The lowest BCUT2D eigenvalue weighted by Gasteiger charge is -2.29. The summed E-state index contributed by atoms with van der Waals surface area (Å²) in [6.45, 7) is 0.633. The summed E-state index contributed by atoms with van der Waals surface area (Å²) < 4.78 is 2.20. The van der Waals surface area contributed by atoms with Gasteiger partial charge in [0, 0.05) is 19.5 Å². The number of rotatable bonds is 4. The Morgan fingerprint density at radius 2 is 2.29 bits per heavy atom. The van der Waals surface area contributed by atoms with Gasteiger partial charge in [-0.15, -0.1) is 10.2 Å². The van der Waals surface area contributed by atoms with Gasteiger partial charge in [0.1, 0.15) is 5.82 Å². The van der Waals surface area contributed by atoms with Gasteiger partial charge >= 0.3 is 0 Å². The van der Waals surface area contributed by atoms with Crippen LogP contribution in [0.3, 0.4) is 0 Å². The minimum Gasteiger partial charge on any atom is -0.357 e. The van der Waals surface area contributed by atoms with Crippen molar-refractivity contribution in [2.24, 2.45) is 5.73 Å². The molecule has 0 bridgehead atoms. The topological polar surface area (TPSA) is 68.8 Å². The lowest BCUT2D eigenvalue weighted by atomic mass is 9.93. The Hall–Kier alpha value is -1.10. The van der Waals surface area contributed by atoms with Crippen molar-refractivity contribution in [3.8, 4) is 0 Å². The summed E-state index contributed by atoms with van der Waals surface area (Å²) in [4.78, 5) is 0. The Kier molecular flexibility index (Phi) is 2.67. The molecule has 0 radical (unpaired) electrons. The van der Waals surface area contributed by atoms with Crippen molar-refractivity contribution < 1.29 is 0 Å². The van der Waals surface area contributed by atoms with E-state index in [1.807, 2.05) is 7.05 Å². The summed E-state index contributed by atoms with van der Waals surface area (Å²) in [5.74, 6) is 1.89. The van der Waals surface area contributed by atoms with Crippen molar-refractivity contribution in [3.63, 3.8) is 0 Å². The zero-order valence-electron chi connectivity index (χ0n) is 8.53. The van der Waals surface area contributed by atoms with Crippen LogP contribution in [0.25, 0.3) is 0 Å². The minimum atomic E-state index is 0.592. The number of hydrogen-bond acceptors (Lipinski definition) is 4. The maximum absolute atomic E-state index is 5.54. The van der Waals surface area contributed by atoms with Gasteiger partial charge in [0.15, 0.2) is 0 Å². The highest BCUT2D eigenvalue weighted by Gasteiger charge is 2.24. The highest BCUT2D eigenvalue weighted by Crippen LogP contribution is 2.34. The SMILES string of the molecule is CNc1nnc(CCN)n1C1CCC1. The smallest absolute Gasteiger partial charge is 0.224 e. The zero-order valence-corrected chi connectivity index (χ0v) is 8.53. The fraction of sp³-hybridized carbons (Fsp3) is 0.778. The van der Waals surface area contributed by atoms with Crippen molar-refractivity contribution in [3.05, 3.63) is 5.82 Å². The molecular weight excluding hydrogens is 178 g/mol. The highest BCUT2D eigenvalue weighted by atomic mass is 15.4. The van der Waals surface area contributed by atoms with Gasteiger partial charge in [-0.1, -0.05) is 0 Å². The van der Waals surface area contributed by atoms with Gasteiger partial charge in [-0.2, -0.15) is 0 Å². The van der Waals surface area contributed by atoms with Crippen LogP contribution in [0.15, 0.2) is 0 Å². The van der Waals surface area contributed by atoms with Crippen LogP contribution in [0.5, 0.6) is 0 Å². The van der Waals surface area contributed by atoms with Crippen LogP contribution in [0.2, 0.25) is 0 Å². The molecule has 0 atom stereocenters. The maximum atomic E-state index is 5.54. The average molecular weight is 195 g/mol. The molecule has 0 saturated heterocycles. The van der Waals surface area contributed by atoms with Crippen LogP contribution < -0.4 is 11.1 Å². The fourth-order valence-electron chi connectivity index (χ4n) is 1.82. The first-order valence-corrected chi connectivity index (χ1v) is 5.18. The summed E-state index contributed by atoms with van der Waals surface area (Å²) in [7, 11) is 1.88. The molecule has 1 heterocycles. The number of aromatic nitrogens is 3. The molecule has 1 fully saturated rings. The van der Waals surface area contributed by atoms with E-state index >= 15 is 0 Å². The number of nitrogens with two attached hydrogens (primary N) is 1. The van der Waals surface area contributed by atoms with Crippen molar-refractivity contribution >= 4 is 5.95 Å². The van der Waals surface area contributed by atoms with Crippen LogP contribution in [0.1, 0.15) is 31.1 Å². The molecule has 1 aliphatic rings. The summed E-state index contributed by atoms with van der Waals surface area (Å²) >= 11 is 0. The van der Waals surface area contributed by atoms with Crippen LogP contribution in [-0.4, -0.2) is 28.4 Å². The number of hydrogen-bond donors (Lipinski definition) is 2. The van der Waals surface area contributed by atoms with E-state index < -0.39 is 0 Å². The molecule has 78 valence electrons. The lowest BCUT2D eigenvalue weighted by molar-refractivity contribution is 0.309. The van der Waals surface area contributed by atoms with E-state index in [0.717, 1.165) is 18.2 Å². The first-order chi connectivity index (χ1) is 6.86. The Morgan fingerprint density at radius 1 is 1.50 bits per heavy atom. The molecule has 1 saturated carbocycles. The molecule has 1 aromatic rings. The van der Waals surface area contributed by atoms with Crippen molar-refractivity contribution in [1.29, 1.82) is 0 Å². The predicted octanol–water partition coefficient (Wildman–Crippen LogP) is 0.546. The van der Waals surface area contributed by atoms with E-state index in [2.05, 4.69) is 20.1 Å². The minimum absolute atomic E-state index is 0.592. The second kappa shape index (κ2) is 3.96. The van der Waals surface area contributed by atoms with Gasteiger partial charge in [-0.3, -0.25) is 4.57 Å². The Labute approximate surface area is 83.7 Å². The second-order valence-electron chi connectivity index (χ2n) is 3.68. The summed E-state index contributed by atoms with van der Waals surface area (Å²) in [5.41, 5.74) is 5.54. The average Bonchev–Trinajstić information content (AvgIpc) is 2.47. The highest BCUT2D eigenvalue weighted by molar-refractivity contribution is 5.26. The van der Waals surface area contributed by atoms with Crippen molar-refractivity contribution in [1.82, 2.24) is 14.8 Å². The summed E-state index contributed by atoms with van der Waals surface area (Å²) in [6.07, 6.45) is 4.60. The molecule has 0 unspecified atom stereocenters. The molecule has 0 amide bonds. The molecule has 3 N–H and O–H groups in total. The third kappa shape index (κ3) is 1.48. The van der Waals surface area contributed by atoms with E-state index in [9.17, 15) is 0 Å². The number of nitrogens with zero attached hydrogens (tertiary/aromatic N) is 3. The third-order valence-electron chi connectivity index (χ3n) is 2.80. The molecule has 1 aromatic heterocycles. The molecule has 5 heteroatoms. The maximum Gasteiger partial charge on any atom is 0.224 e. The summed E-state index contributed by atoms with van der Waals surface area (Å²) in [6, 6.07) is 0.592. The van der Waals surface area contributed by atoms with Crippen molar-refractivity contribution in [2.75, 3.05) is 18.9 Å². The molecule has 2 rings (SSSR count). The first-order valence-electron chi connectivity index (χ1n) is 5.18. The van der Waals surface area contributed by atoms with Gasteiger partial charge in [-0.05, 0) is 25.8 Å². The van der Waals surface area contributed by atoms with E-state index in [1.165, 1.54) is 19.3 Å². The molecular formula is C9H17N5. The number of anilines is 1. The van der Waals surface area contributed by atoms with Crippen LogP contribution in [-0.2, 0) is 6.42 Å². The van der Waals surface area contributed by atoms with E-state index in [1.54, 1.807) is 0 Å². The zero-order chi connectivity index (χ0) is 9.97. The Bertz CT molecular complexity index is 302. The lowest BCUT2D eigenvalue weighted by Crippen LogP contribution is -2.22. The molecule has 5 nitrogen and oxygen atoms in total. The molecule has 0 aromatic carbocycles. The molecule has 1 aliphatic carbocycles. The van der Waals surface area contributed by atoms with Crippen molar-refractivity contribution in [2.45, 2.75) is 31.7 Å². The predicted molar refractivity (Wildman–Crippen MR) is 55.2 cm³/mol. The van der Waals surface area contributed by atoms with E-state index in [-0.39, 0.29) is 0 Å². The van der Waals surface area contributed by atoms with Crippen LogP contribution >= 0.6 is 0 Å². The normalized spacial score (nSPS) is 16.7. The summed E-state index contributed by atoms with van der Waals surface area (Å²) in [5, 5.41) is 11.3. The van der Waals surface area contributed by atoms with Gasteiger partial charge in [0.05, 0.1) is 0 Å². The monoisotopic (exact) mass is 195 g/mol. The molecule has 0 aliphatic heterocycles. The quantitative estimate of drug-likeness (QED) is 0.736. The van der Waals surface area contributed by atoms with Crippen LogP contribution in [0.4, 0.5) is 5.95 Å². The number of nitrogens with one attached hydrogen (secondary N) is 1. The Balaban J connectivity index is 2.25. The van der Waals surface area contributed by atoms with E-state index in [4.69, 9.17) is 5.73 Å². The Morgan fingerprint density at radius 3 is 2.79 bits per heavy atom. The first kappa shape index (κ1) is 9.45. The van der Waals surface area contributed by atoms with Gasteiger partial charge in [-0.25, -0.2) is 0 Å². The second-order valence-corrected chi connectivity index (χ2v) is 3.68. The van der Waals surface area contributed by atoms with E-state index in [0.29, 0.717) is 12.6 Å². The fourth-order valence-corrected chi connectivity index (χ4v) is 1.82. The van der Waals surface area contributed by atoms with Crippen LogP contribution in [0, 0.1) is 0 Å². The third-order valence-corrected chi connectivity index (χ3v) is 2.80. The molecule has 0 spiro atoms. The van der Waals surface area contributed by atoms with Gasteiger partial charge in [0.25, 0.3) is 0 Å². The van der Waals surface area contributed by atoms with Gasteiger partial charge < -0.3 is 11.1 Å². The standard InChI is InChI=1S/C9H17N5/c1-11-9-13-12-8(5-6-10)14(9)7-3-2-4-7/h7H,2-6,10H2,1H3,(H,11,13). The van der Waals surface area contributed by atoms with Gasteiger partial charge in [0.2, 0.25) is 5.95 Å².